The van der Waals surface area contributed by atoms with Crippen LogP contribution in [-0.2, 0) is 11.2 Å². The van der Waals surface area contributed by atoms with E-state index in [2.05, 4.69) is 87.2 Å². The molecule has 0 amide bonds. The first-order valence-corrected chi connectivity index (χ1v) is 12.1. The van der Waals surface area contributed by atoms with Gasteiger partial charge in [0.25, 0.3) is 0 Å². The molecule has 0 spiro atoms. The number of rotatable bonds is 13. The van der Waals surface area contributed by atoms with Gasteiger partial charge in [0.1, 0.15) is 0 Å². The van der Waals surface area contributed by atoms with Gasteiger partial charge in [-0.15, -0.1) is 6.58 Å². The van der Waals surface area contributed by atoms with Crippen molar-refractivity contribution in [3.8, 4) is 11.3 Å². The highest BCUT2D eigenvalue weighted by atomic mass is 16.5. The van der Waals surface area contributed by atoms with Crippen LogP contribution in [0, 0.1) is 0 Å². The van der Waals surface area contributed by atoms with E-state index in [9.17, 15) is 0 Å². The fourth-order valence-corrected chi connectivity index (χ4v) is 3.85. The van der Waals surface area contributed by atoms with E-state index in [1.807, 2.05) is 6.08 Å². The lowest BCUT2D eigenvalue weighted by Crippen LogP contribution is -2.08. The average molecular weight is 428 g/mol. The number of hydrogen-bond donors (Lipinski definition) is 0. The summed E-state index contributed by atoms with van der Waals surface area (Å²) >= 11 is 0. The maximum atomic E-state index is 5.88. The van der Waals surface area contributed by atoms with Crippen LogP contribution in [0.5, 0.6) is 0 Å². The highest BCUT2D eigenvalue weighted by Gasteiger charge is 2.03. The van der Waals surface area contributed by atoms with Gasteiger partial charge in [-0.1, -0.05) is 74.4 Å². The number of pyridine rings is 1. The molecular formula is C30H37NO. The fraction of sp³-hybridized carbons (Fsp3) is 0.367. The van der Waals surface area contributed by atoms with Gasteiger partial charge in [0.2, 0.25) is 0 Å². The third-order valence-corrected chi connectivity index (χ3v) is 5.78. The second-order valence-electron chi connectivity index (χ2n) is 8.56. The number of unbranched alkanes of at least 4 members (excludes halogenated alkanes) is 3. The Labute approximate surface area is 194 Å². The third-order valence-electron chi connectivity index (χ3n) is 5.78. The second-order valence-corrected chi connectivity index (χ2v) is 8.56. The lowest BCUT2D eigenvalue weighted by Gasteiger charge is -2.12. The van der Waals surface area contributed by atoms with Gasteiger partial charge in [-0.05, 0) is 68.4 Å². The molecule has 0 aliphatic carbocycles. The monoisotopic (exact) mass is 427 g/mol. The summed E-state index contributed by atoms with van der Waals surface area (Å²) < 4.78 is 5.88. The van der Waals surface area contributed by atoms with Crippen molar-refractivity contribution in [3.63, 3.8) is 0 Å². The Morgan fingerprint density at radius 2 is 1.84 bits per heavy atom. The number of fused-ring (bicyclic) bond motifs is 1. The second kappa shape index (κ2) is 13.0. The molecule has 2 nitrogen and oxygen atoms in total. The van der Waals surface area contributed by atoms with E-state index in [0.717, 1.165) is 49.1 Å². The maximum absolute atomic E-state index is 5.88. The number of aromatic nitrogens is 1. The average Bonchev–Trinajstić information content (AvgIpc) is 2.82. The zero-order valence-electron chi connectivity index (χ0n) is 19.7. The van der Waals surface area contributed by atoms with Crippen LogP contribution < -0.4 is 0 Å². The topological polar surface area (TPSA) is 22.1 Å². The van der Waals surface area contributed by atoms with E-state index in [4.69, 9.17) is 9.72 Å². The van der Waals surface area contributed by atoms with E-state index < -0.39 is 0 Å². The molecule has 0 radical (unpaired) electrons. The van der Waals surface area contributed by atoms with Crippen molar-refractivity contribution in [2.75, 3.05) is 6.61 Å². The van der Waals surface area contributed by atoms with Gasteiger partial charge in [-0.2, -0.15) is 0 Å². The third kappa shape index (κ3) is 7.46. The van der Waals surface area contributed by atoms with Crippen LogP contribution in [0.15, 0.2) is 73.3 Å². The van der Waals surface area contributed by atoms with E-state index in [-0.39, 0.29) is 0 Å². The van der Waals surface area contributed by atoms with Crippen molar-refractivity contribution in [2.45, 2.75) is 64.9 Å². The summed E-state index contributed by atoms with van der Waals surface area (Å²) in [6, 6.07) is 19.4. The van der Waals surface area contributed by atoms with Crippen LogP contribution in [0.1, 0.15) is 63.5 Å². The quantitative estimate of drug-likeness (QED) is 0.202. The van der Waals surface area contributed by atoms with Gasteiger partial charge in [0.05, 0.1) is 17.3 Å². The minimum Gasteiger partial charge on any atom is -0.379 e. The summed E-state index contributed by atoms with van der Waals surface area (Å²) in [6.07, 6.45) is 14.7. The summed E-state index contributed by atoms with van der Waals surface area (Å²) in [5.41, 5.74) is 5.69. The number of allylic oxidation sites excluding steroid dienone is 2. The van der Waals surface area contributed by atoms with Gasteiger partial charge in [-0.25, -0.2) is 4.98 Å². The number of ether oxygens (including phenoxy) is 1. The minimum absolute atomic E-state index is 0.361. The van der Waals surface area contributed by atoms with Crippen LogP contribution in [0.2, 0.25) is 0 Å². The maximum Gasteiger partial charge on any atom is 0.0709 e. The Morgan fingerprint density at radius 3 is 2.62 bits per heavy atom. The molecule has 0 saturated heterocycles. The Morgan fingerprint density at radius 1 is 1.00 bits per heavy atom. The SMILES string of the molecule is C=CCc1ccc(-c2ccc3cc(C=CCCCC(C)OCCCCC)ccc3n2)cc1. The molecule has 0 saturated carbocycles. The Balaban J connectivity index is 1.52. The van der Waals surface area contributed by atoms with Crippen LogP contribution in [0.25, 0.3) is 28.2 Å². The Bertz CT molecular complexity index is 1000. The predicted molar refractivity (Wildman–Crippen MR) is 139 cm³/mol. The molecule has 3 rings (SSSR count). The van der Waals surface area contributed by atoms with E-state index in [1.54, 1.807) is 0 Å². The summed E-state index contributed by atoms with van der Waals surface area (Å²) in [6.45, 7) is 9.12. The summed E-state index contributed by atoms with van der Waals surface area (Å²) in [5, 5.41) is 1.17. The molecular weight excluding hydrogens is 390 g/mol. The van der Waals surface area contributed by atoms with Gasteiger partial charge in [0, 0.05) is 17.6 Å². The first-order valence-electron chi connectivity index (χ1n) is 12.1. The molecule has 3 aromatic rings. The molecule has 1 unspecified atom stereocenters. The molecule has 1 atom stereocenters. The highest BCUT2D eigenvalue weighted by Crippen LogP contribution is 2.23. The molecule has 2 heteroatoms. The number of hydrogen-bond acceptors (Lipinski definition) is 2. The molecule has 2 aromatic carbocycles. The van der Waals surface area contributed by atoms with Gasteiger partial charge < -0.3 is 4.74 Å². The van der Waals surface area contributed by atoms with E-state index in [0.29, 0.717) is 6.10 Å². The lowest BCUT2D eigenvalue weighted by molar-refractivity contribution is 0.0566. The van der Waals surface area contributed by atoms with Crippen molar-refractivity contribution in [2.24, 2.45) is 0 Å². The highest BCUT2D eigenvalue weighted by molar-refractivity contribution is 5.83. The van der Waals surface area contributed by atoms with Crippen LogP contribution in [0.3, 0.4) is 0 Å². The molecule has 168 valence electrons. The van der Waals surface area contributed by atoms with Crippen molar-refractivity contribution in [3.05, 3.63) is 84.5 Å². The zero-order chi connectivity index (χ0) is 22.6. The van der Waals surface area contributed by atoms with Gasteiger partial charge in [-0.3, -0.25) is 0 Å². The van der Waals surface area contributed by atoms with Crippen molar-refractivity contribution in [1.29, 1.82) is 0 Å². The molecule has 32 heavy (non-hydrogen) atoms. The van der Waals surface area contributed by atoms with E-state index in [1.165, 1.54) is 35.8 Å². The number of benzene rings is 2. The number of nitrogens with zero attached hydrogens (tertiary/aromatic N) is 1. The van der Waals surface area contributed by atoms with Gasteiger partial charge >= 0.3 is 0 Å². The van der Waals surface area contributed by atoms with E-state index >= 15 is 0 Å². The standard InChI is InChI=1S/C30H37NO/c1-4-6-10-22-32-24(3)12-8-7-9-13-26-16-20-30-28(23-26)19-21-29(31-30)27-17-14-25(11-5-2)15-18-27/h5,9,13-21,23-24H,2,4,6-8,10-12,22H2,1,3H3. The van der Waals surface area contributed by atoms with Gasteiger partial charge in [0.15, 0.2) is 0 Å². The molecule has 1 aromatic heterocycles. The molecule has 0 bridgehead atoms. The van der Waals surface area contributed by atoms with Crippen LogP contribution in [-0.4, -0.2) is 17.7 Å². The Hall–Kier alpha value is -2.71. The summed E-state index contributed by atoms with van der Waals surface area (Å²) in [7, 11) is 0. The summed E-state index contributed by atoms with van der Waals surface area (Å²) in [5.74, 6) is 0. The van der Waals surface area contributed by atoms with Crippen LogP contribution in [0.4, 0.5) is 0 Å². The fourth-order valence-electron chi connectivity index (χ4n) is 3.85. The Kier molecular flexibility index (Phi) is 9.71. The molecule has 0 fully saturated rings. The first-order chi connectivity index (χ1) is 15.7. The largest absolute Gasteiger partial charge is 0.379 e. The van der Waals surface area contributed by atoms with Crippen LogP contribution >= 0.6 is 0 Å². The summed E-state index contributed by atoms with van der Waals surface area (Å²) in [4.78, 5) is 4.87. The smallest absolute Gasteiger partial charge is 0.0709 e. The molecule has 0 aliphatic rings. The molecule has 1 heterocycles. The van der Waals surface area contributed by atoms with Crippen molar-refractivity contribution in [1.82, 2.24) is 4.98 Å². The molecule has 0 aliphatic heterocycles. The predicted octanol–water partition coefficient (Wildman–Crippen LogP) is 8.41. The van der Waals surface area contributed by atoms with Crippen molar-refractivity contribution < 1.29 is 4.74 Å². The lowest BCUT2D eigenvalue weighted by atomic mass is 10.0. The minimum atomic E-state index is 0.361. The first kappa shape index (κ1) is 23.9. The van der Waals surface area contributed by atoms with Crippen molar-refractivity contribution >= 4 is 17.0 Å². The normalized spacial score (nSPS) is 12.4. The zero-order valence-corrected chi connectivity index (χ0v) is 19.7. The molecule has 0 N–H and O–H groups in total.